The van der Waals surface area contributed by atoms with Gasteiger partial charge in [0.1, 0.15) is 6.61 Å². The van der Waals surface area contributed by atoms with Crippen molar-refractivity contribution in [1.29, 1.82) is 0 Å². The molecule has 0 bridgehead atoms. The minimum atomic E-state index is -4.35. The van der Waals surface area contributed by atoms with Crippen LogP contribution in [0.5, 0.6) is 0 Å². The maximum atomic E-state index is 11.8. The summed E-state index contributed by atoms with van der Waals surface area (Å²) < 4.78 is 45.4. The van der Waals surface area contributed by atoms with E-state index in [0.29, 0.717) is 26.2 Å². The number of piperidine rings is 1. The summed E-state index contributed by atoms with van der Waals surface area (Å²) in [5, 5.41) is 0. The first kappa shape index (κ1) is 17.2. The van der Waals surface area contributed by atoms with E-state index >= 15 is 0 Å². The molecule has 0 atom stereocenters. The Morgan fingerprint density at radius 3 is 2.45 bits per heavy atom. The van der Waals surface area contributed by atoms with Gasteiger partial charge in [-0.2, -0.15) is 13.2 Å². The molecule has 1 fully saturated rings. The Morgan fingerprint density at radius 2 is 1.90 bits per heavy atom. The molecule has 1 rings (SSSR count). The van der Waals surface area contributed by atoms with Crippen molar-refractivity contribution < 1.29 is 27.4 Å². The summed E-state index contributed by atoms with van der Waals surface area (Å²) in [4.78, 5) is 13.4. The molecule has 0 unspecified atom stereocenters. The highest BCUT2D eigenvalue weighted by Crippen LogP contribution is 2.16. The van der Waals surface area contributed by atoms with Gasteiger partial charge in [0.2, 0.25) is 5.91 Å². The molecule has 0 aromatic heterocycles. The van der Waals surface area contributed by atoms with Crippen LogP contribution in [0, 0.1) is 0 Å². The zero-order valence-corrected chi connectivity index (χ0v) is 11.3. The quantitative estimate of drug-likeness (QED) is 0.710. The summed E-state index contributed by atoms with van der Waals surface area (Å²) in [6.07, 6.45) is -2.79. The minimum absolute atomic E-state index is 0.0234. The topological polar surface area (TPSA) is 64.8 Å². The maximum Gasteiger partial charge on any atom is 0.411 e. The van der Waals surface area contributed by atoms with E-state index in [2.05, 4.69) is 4.74 Å². The molecule has 0 aromatic rings. The number of carbonyl (C=O) groups is 1. The lowest BCUT2D eigenvalue weighted by molar-refractivity contribution is -0.175. The van der Waals surface area contributed by atoms with Gasteiger partial charge in [-0.15, -0.1) is 0 Å². The molecule has 1 aliphatic rings. The molecular weight excluding hydrogens is 277 g/mol. The van der Waals surface area contributed by atoms with Gasteiger partial charge in [-0.1, -0.05) is 0 Å². The zero-order chi connectivity index (χ0) is 15.0. The Kier molecular flexibility index (Phi) is 7.25. The molecule has 8 heteroatoms. The summed E-state index contributed by atoms with van der Waals surface area (Å²) in [5.74, 6) is -0.176. The molecule has 1 amide bonds. The Hall–Kier alpha value is -0.860. The molecule has 0 saturated carbocycles. The second-order valence-electron chi connectivity index (χ2n) is 4.66. The molecular formula is C12H21F3N2O3. The smallest absolute Gasteiger partial charge is 0.377 e. The second-order valence-corrected chi connectivity index (χ2v) is 4.66. The van der Waals surface area contributed by atoms with E-state index in [1.54, 1.807) is 4.90 Å². The average molecular weight is 298 g/mol. The monoisotopic (exact) mass is 298 g/mol. The number of nitrogens with zero attached hydrogens (tertiary/aromatic N) is 1. The minimum Gasteiger partial charge on any atom is -0.377 e. The average Bonchev–Trinajstić information content (AvgIpc) is 2.40. The highest BCUT2D eigenvalue weighted by molar-refractivity contribution is 5.76. The van der Waals surface area contributed by atoms with Crippen LogP contribution >= 0.6 is 0 Å². The molecule has 118 valence electrons. The number of hydrogen-bond acceptors (Lipinski definition) is 4. The summed E-state index contributed by atoms with van der Waals surface area (Å²) in [7, 11) is 0. The van der Waals surface area contributed by atoms with Crippen LogP contribution in [0.3, 0.4) is 0 Å². The van der Waals surface area contributed by atoms with E-state index in [9.17, 15) is 18.0 Å². The fourth-order valence-electron chi connectivity index (χ4n) is 2.01. The van der Waals surface area contributed by atoms with Crippen molar-refractivity contribution in [3.05, 3.63) is 0 Å². The first-order chi connectivity index (χ1) is 9.42. The first-order valence-electron chi connectivity index (χ1n) is 6.66. The van der Waals surface area contributed by atoms with Gasteiger partial charge in [0, 0.05) is 19.6 Å². The molecule has 2 N–H and O–H groups in total. The lowest BCUT2D eigenvalue weighted by atomic mass is 10.1. The van der Waals surface area contributed by atoms with Gasteiger partial charge in [-0.25, -0.2) is 0 Å². The third-order valence-corrected chi connectivity index (χ3v) is 2.99. The van der Waals surface area contributed by atoms with Crippen molar-refractivity contribution in [2.24, 2.45) is 5.73 Å². The fourth-order valence-corrected chi connectivity index (χ4v) is 2.01. The molecule has 0 spiro atoms. The summed E-state index contributed by atoms with van der Waals surface area (Å²) >= 11 is 0. The van der Waals surface area contributed by atoms with E-state index in [0.717, 1.165) is 12.8 Å². The zero-order valence-electron chi connectivity index (χ0n) is 11.3. The number of nitrogens with two attached hydrogens (primary N) is 1. The van der Waals surface area contributed by atoms with E-state index in [-0.39, 0.29) is 25.0 Å². The van der Waals surface area contributed by atoms with Crippen LogP contribution in [-0.4, -0.2) is 62.5 Å². The van der Waals surface area contributed by atoms with Crippen LogP contribution in [0.4, 0.5) is 13.2 Å². The number of alkyl halides is 3. The van der Waals surface area contributed by atoms with Gasteiger partial charge in [0.05, 0.1) is 25.7 Å². The number of halogens is 3. The predicted molar refractivity (Wildman–Crippen MR) is 66.1 cm³/mol. The van der Waals surface area contributed by atoms with Crippen molar-refractivity contribution in [1.82, 2.24) is 4.90 Å². The van der Waals surface area contributed by atoms with Crippen molar-refractivity contribution in [3.63, 3.8) is 0 Å². The van der Waals surface area contributed by atoms with Crippen LogP contribution in [0.2, 0.25) is 0 Å². The van der Waals surface area contributed by atoms with Crippen molar-refractivity contribution in [2.75, 3.05) is 39.5 Å². The predicted octanol–water partition coefficient (Wildman–Crippen LogP) is 0.922. The molecule has 20 heavy (non-hydrogen) atoms. The van der Waals surface area contributed by atoms with E-state index < -0.39 is 12.8 Å². The number of rotatable bonds is 7. The molecule has 5 nitrogen and oxygen atoms in total. The van der Waals surface area contributed by atoms with E-state index in [1.165, 1.54) is 0 Å². The van der Waals surface area contributed by atoms with Crippen molar-refractivity contribution in [2.45, 2.75) is 31.5 Å². The van der Waals surface area contributed by atoms with Gasteiger partial charge in [0.15, 0.2) is 0 Å². The Balaban J connectivity index is 2.13. The van der Waals surface area contributed by atoms with Crippen LogP contribution in [0.15, 0.2) is 0 Å². The third-order valence-electron chi connectivity index (χ3n) is 2.99. The van der Waals surface area contributed by atoms with Gasteiger partial charge < -0.3 is 20.1 Å². The summed E-state index contributed by atoms with van der Waals surface area (Å²) in [5.41, 5.74) is 5.34. The van der Waals surface area contributed by atoms with Gasteiger partial charge in [-0.3, -0.25) is 4.79 Å². The third kappa shape index (κ3) is 7.06. The molecule has 0 aliphatic carbocycles. The normalized spacial score (nSPS) is 17.5. The fraction of sp³-hybridized carbons (Fsp3) is 0.917. The second kappa shape index (κ2) is 8.43. The van der Waals surface area contributed by atoms with Crippen molar-refractivity contribution in [3.8, 4) is 0 Å². The van der Waals surface area contributed by atoms with Gasteiger partial charge in [-0.05, 0) is 12.8 Å². The molecule has 0 aromatic carbocycles. The number of amides is 1. The Labute approximate surface area is 116 Å². The summed E-state index contributed by atoms with van der Waals surface area (Å²) in [6.45, 7) is 0.581. The molecule has 1 aliphatic heterocycles. The number of hydrogen-bond donors (Lipinski definition) is 1. The van der Waals surface area contributed by atoms with Crippen LogP contribution < -0.4 is 5.73 Å². The lowest BCUT2D eigenvalue weighted by Gasteiger charge is -2.32. The molecule has 1 saturated heterocycles. The number of ether oxygens (including phenoxy) is 2. The summed E-state index contributed by atoms with van der Waals surface area (Å²) in [6, 6.07) is 0. The maximum absolute atomic E-state index is 11.8. The van der Waals surface area contributed by atoms with E-state index in [4.69, 9.17) is 10.5 Å². The van der Waals surface area contributed by atoms with Crippen LogP contribution in [0.1, 0.15) is 19.3 Å². The molecule has 0 radical (unpaired) electrons. The van der Waals surface area contributed by atoms with Crippen LogP contribution in [-0.2, 0) is 14.3 Å². The first-order valence-corrected chi connectivity index (χ1v) is 6.66. The molecule has 1 heterocycles. The van der Waals surface area contributed by atoms with Crippen molar-refractivity contribution >= 4 is 5.91 Å². The number of likely N-dealkylation sites (tertiary alicyclic amines) is 1. The highest BCUT2D eigenvalue weighted by Gasteiger charge is 2.28. The van der Waals surface area contributed by atoms with Crippen LogP contribution in [0.25, 0.3) is 0 Å². The van der Waals surface area contributed by atoms with E-state index in [1.807, 2.05) is 0 Å². The lowest BCUT2D eigenvalue weighted by Crippen LogP contribution is -2.41. The largest absolute Gasteiger partial charge is 0.411 e. The SMILES string of the molecule is NCCOC1CCN(C(=O)CCOCC(F)(F)F)CC1. The highest BCUT2D eigenvalue weighted by atomic mass is 19.4. The Bertz CT molecular complexity index is 292. The standard InChI is InChI=1S/C12H21F3N2O3/c13-12(14,15)9-19-7-3-11(18)17-5-1-10(2-6-17)20-8-4-16/h10H,1-9,16H2. The number of carbonyl (C=O) groups excluding carboxylic acids is 1. The van der Waals surface area contributed by atoms with Gasteiger partial charge >= 0.3 is 6.18 Å². The van der Waals surface area contributed by atoms with Gasteiger partial charge in [0.25, 0.3) is 0 Å². The Morgan fingerprint density at radius 1 is 1.25 bits per heavy atom.